The third-order valence-electron chi connectivity index (χ3n) is 2.96. The van der Waals surface area contributed by atoms with E-state index in [4.69, 9.17) is 5.73 Å². The first-order valence-electron chi connectivity index (χ1n) is 4.81. The van der Waals surface area contributed by atoms with Crippen LogP contribution in [-0.2, 0) is 6.42 Å². The van der Waals surface area contributed by atoms with Crippen molar-refractivity contribution in [3.8, 4) is 0 Å². The molecule has 72 valence electrons. The maximum Gasteiger partial charge on any atom is 0.123 e. The number of aromatic nitrogens is 1. The number of hydrogen-bond acceptors (Lipinski definition) is 1. The number of benzene rings is 1. The van der Waals surface area contributed by atoms with E-state index in [2.05, 4.69) is 4.98 Å². The summed E-state index contributed by atoms with van der Waals surface area (Å²) in [6, 6.07) is 4.88. The zero-order valence-corrected chi connectivity index (χ0v) is 7.68. The zero-order valence-electron chi connectivity index (χ0n) is 7.68. The first kappa shape index (κ1) is 8.00. The smallest absolute Gasteiger partial charge is 0.123 e. The summed E-state index contributed by atoms with van der Waals surface area (Å²) in [6.07, 6.45) is 1.94. The molecule has 3 heteroatoms. The minimum Gasteiger partial charge on any atom is -0.358 e. The highest BCUT2D eigenvalue weighted by molar-refractivity contribution is 5.85. The molecule has 0 saturated heterocycles. The zero-order chi connectivity index (χ0) is 9.71. The molecule has 0 spiro atoms. The fourth-order valence-electron chi connectivity index (χ4n) is 2.31. The Balaban J connectivity index is 2.38. The molecule has 0 aliphatic heterocycles. The van der Waals surface area contributed by atoms with Crippen LogP contribution in [0, 0.1) is 5.82 Å². The molecule has 1 aliphatic carbocycles. The Labute approximate surface area is 80.9 Å². The molecule has 14 heavy (non-hydrogen) atoms. The van der Waals surface area contributed by atoms with Gasteiger partial charge in [-0.05, 0) is 36.6 Å². The highest BCUT2D eigenvalue weighted by Crippen LogP contribution is 2.35. The Kier molecular flexibility index (Phi) is 1.47. The predicted molar refractivity (Wildman–Crippen MR) is 53.5 cm³/mol. The van der Waals surface area contributed by atoms with E-state index in [0.29, 0.717) is 0 Å². The largest absolute Gasteiger partial charge is 0.358 e. The Morgan fingerprint density at radius 3 is 3.14 bits per heavy atom. The summed E-state index contributed by atoms with van der Waals surface area (Å²) in [7, 11) is 0. The molecule has 0 radical (unpaired) electrons. The predicted octanol–water partition coefficient (Wildman–Crippen LogP) is 2.25. The Hall–Kier alpha value is -1.35. The summed E-state index contributed by atoms with van der Waals surface area (Å²) < 4.78 is 13.1. The van der Waals surface area contributed by atoms with Gasteiger partial charge in [-0.15, -0.1) is 0 Å². The second kappa shape index (κ2) is 2.58. The van der Waals surface area contributed by atoms with Crippen LogP contribution < -0.4 is 5.73 Å². The van der Waals surface area contributed by atoms with Gasteiger partial charge in [0.25, 0.3) is 0 Å². The summed E-state index contributed by atoms with van der Waals surface area (Å²) in [5.41, 5.74) is 9.25. The van der Waals surface area contributed by atoms with Crippen LogP contribution in [0.15, 0.2) is 18.2 Å². The van der Waals surface area contributed by atoms with Crippen molar-refractivity contribution in [3.63, 3.8) is 0 Å². The number of H-pyrrole nitrogens is 1. The quantitative estimate of drug-likeness (QED) is 0.657. The topological polar surface area (TPSA) is 41.8 Å². The minimum absolute atomic E-state index is 0.0700. The normalized spacial score (nSPS) is 20.3. The molecule has 3 N–H and O–H groups in total. The highest BCUT2D eigenvalue weighted by Gasteiger charge is 2.23. The van der Waals surface area contributed by atoms with E-state index in [1.54, 1.807) is 12.1 Å². The number of nitrogens with two attached hydrogens (primary N) is 1. The van der Waals surface area contributed by atoms with Crippen molar-refractivity contribution < 1.29 is 4.39 Å². The lowest BCUT2D eigenvalue weighted by Gasteiger charge is -2.02. The van der Waals surface area contributed by atoms with Gasteiger partial charge in [0.1, 0.15) is 5.82 Å². The SMILES string of the molecule is NC1CCc2[nH]c3ccc(F)cc3c21. The van der Waals surface area contributed by atoms with E-state index in [-0.39, 0.29) is 11.9 Å². The molecule has 0 amide bonds. The molecule has 1 aliphatic rings. The summed E-state index contributed by atoms with van der Waals surface area (Å²) in [6.45, 7) is 0. The van der Waals surface area contributed by atoms with Gasteiger partial charge >= 0.3 is 0 Å². The van der Waals surface area contributed by atoms with Crippen LogP contribution >= 0.6 is 0 Å². The van der Waals surface area contributed by atoms with E-state index in [1.165, 1.54) is 11.8 Å². The summed E-state index contributed by atoms with van der Waals surface area (Å²) in [4.78, 5) is 3.29. The van der Waals surface area contributed by atoms with Crippen LogP contribution in [0.25, 0.3) is 10.9 Å². The monoisotopic (exact) mass is 190 g/mol. The fraction of sp³-hybridized carbons (Fsp3) is 0.273. The van der Waals surface area contributed by atoms with Gasteiger partial charge in [-0.3, -0.25) is 0 Å². The van der Waals surface area contributed by atoms with Gasteiger partial charge in [0.2, 0.25) is 0 Å². The van der Waals surface area contributed by atoms with E-state index < -0.39 is 0 Å². The Bertz CT molecular complexity index is 501. The summed E-state index contributed by atoms with van der Waals surface area (Å²) in [5, 5.41) is 0.949. The molecular weight excluding hydrogens is 179 g/mol. The van der Waals surface area contributed by atoms with Gasteiger partial charge in [-0.2, -0.15) is 0 Å². The van der Waals surface area contributed by atoms with Gasteiger partial charge < -0.3 is 10.7 Å². The number of nitrogens with one attached hydrogen (secondary N) is 1. The number of hydrogen-bond donors (Lipinski definition) is 2. The second-order valence-corrected chi connectivity index (χ2v) is 3.85. The number of aryl methyl sites for hydroxylation is 1. The van der Waals surface area contributed by atoms with Crippen LogP contribution in [0.1, 0.15) is 23.7 Å². The third-order valence-corrected chi connectivity index (χ3v) is 2.96. The maximum absolute atomic E-state index is 13.1. The molecule has 2 nitrogen and oxygen atoms in total. The molecule has 1 heterocycles. The van der Waals surface area contributed by atoms with Crippen molar-refractivity contribution in [1.82, 2.24) is 4.98 Å². The van der Waals surface area contributed by atoms with E-state index >= 15 is 0 Å². The Morgan fingerprint density at radius 1 is 1.43 bits per heavy atom. The third kappa shape index (κ3) is 0.930. The average Bonchev–Trinajstić information content (AvgIpc) is 2.67. The first-order chi connectivity index (χ1) is 6.75. The van der Waals surface area contributed by atoms with Gasteiger partial charge in [0.05, 0.1) is 0 Å². The number of fused-ring (bicyclic) bond motifs is 3. The van der Waals surface area contributed by atoms with Crippen LogP contribution in [0.4, 0.5) is 4.39 Å². The van der Waals surface area contributed by atoms with Crippen LogP contribution in [0.5, 0.6) is 0 Å². The molecule has 1 unspecified atom stereocenters. The Morgan fingerprint density at radius 2 is 2.29 bits per heavy atom. The van der Waals surface area contributed by atoms with Crippen molar-refractivity contribution in [2.45, 2.75) is 18.9 Å². The van der Waals surface area contributed by atoms with Crippen LogP contribution in [0.2, 0.25) is 0 Å². The number of rotatable bonds is 0. The number of halogens is 1. The van der Waals surface area contributed by atoms with Gasteiger partial charge in [-0.1, -0.05) is 0 Å². The molecule has 1 aromatic carbocycles. The van der Waals surface area contributed by atoms with Crippen LogP contribution in [-0.4, -0.2) is 4.98 Å². The molecule has 0 bridgehead atoms. The first-order valence-corrected chi connectivity index (χ1v) is 4.81. The molecule has 0 fully saturated rings. The van der Waals surface area contributed by atoms with E-state index in [9.17, 15) is 4.39 Å². The van der Waals surface area contributed by atoms with Gasteiger partial charge in [-0.25, -0.2) is 4.39 Å². The second-order valence-electron chi connectivity index (χ2n) is 3.85. The number of aromatic amines is 1. The lowest BCUT2D eigenvalue weighted by Crippen LogP contribution is -2.04. The summed E-state index contributed by atoms with van der Waals surface area (Å²) in [5.74, 6) is -0.196. The lowest BCUT2D eigenvalue weighted by molar-refractivity contribution is 0.629. The van der Waals surface area contributed by atoms with E-state index in [0.717, 1.165) is 29.3 Å². The van der Waals surface area contributed by atoms with Crippen LogP contribution in [0.3, 0.4) is 0 Å². The molecule has 0 saturated carbocycles. The van der Waals surface area contributed by atoms with Crippen molar-refractivity contribution >= 4 is 10.9 Å². The summed E-state index contributed by atoms with van der Waals surface area (Å²) >= 11 is 0. The van der Waals surface area contributed by atoms with Gasteiger partial charge in [0.15, 0.2) is 0 Å². The standard InChI is InChI=1S/C11H11FN2/c12-6-1-3-9-7(5-6)11-8(13)2-4-10(11)14-9/h1,3,5,8,14H,2,4,13H2. The van der Waals surface area contributed by atoms with Crippen molar-refractivity contribution in [2.24, 2.45) is 5.73 Å². The van der Waals surface area contributed by atoms with E-state index in [1.807, 2.05) is 0 Å². The molecular formula is C11H11FN2. The highest BCUT2D eigenvalue weighted by atomic mass is 19.1. The van der Waals surface area contributed by atoms with Crippen molar-refractivity contribution in [2.75, 3.05) is 0 Å². The lowest BCUT2D eigenvalue weighted by atomic mass is 10.1. The molecule has 1 atom stereocenters. The average molecular weight is 190 g/mol. The van der Waals surface area contributed by atoms with Gasteiger partial charge in [0, 0.05) is 22.6 Å². The fourth-order valence-corrected chi connectivity index (χ4v) is 2.31. The maximum atomic E-state index is 13.1. The van der Waals surface area contributed by atoms with Crippen molar-refractivity contribution in [1.29, 1.82) is 0 Å². The minimum atomic E-state index is -0.196. The van der Waals surface area contributed by atoms with Crippen molar-refractivity contribution in [3.05, 3.63) is 35.3 Å². The molecule has 1 aromatic heterocycles. The molecule has 2 aromatic rings. The molecule has 3 rings (SSSR count).